The molecule has 9 heavy (non-hydrogen) atoms. The van der Waals surface area contributed by atoms with Gasteiger partial charge in [-0.3, -0.25) is 4.79 Å². The SMILES string of the molecule is COC(=O)CCCN.[LiH]. The molecule has 0 aliphatic carbocycles. The summed E-state index contributed by atoms with van der Waals surface area (Å²) < 4.78 is 4.36. The van der Waals surface area contributed by atoms with Crippen molar-refractivity contribution in [1.29, 1.82) is 0 Å². The molecule has 0 unspecified atom stereocenters. The van der Waals surface area contributed by atoms with E-state index in [9.17, 15) is 4.79 Å². The summed E-state index contributed by atoms with van der Waals surface area (Å²) in [5, 5.41) is 0. The molecule has 0 saturated carbocycles. The van der Waals surface area contributed by atoms with Crippen LogP contribution >= 0.6 is 0 Å². The molecule has 0 bridgehead atoms. The van der Waals surface area contributed by atoms with Crippen LogP contribution in [0.5, 0.6) is 0 Å². The van der Waals surface area contributed by atoms with Crippen molar-refractivity contribution in [3.8, 4) is 0 Å². The molecule has 0 aromatic rings. The fourth-order valence-corrected chi connectivity index (χ4v) is 0.348. The molecular weight excluding hydrogens is 113 g/mol. The van der Waals surface area contributed by atoms with Crippen LogP contribution in [0.2, 0.25) is 0 Å². The van der Waals surface area contributed by atoms with Crippen LogP contribution in [0.25, 0.3) is 0 Å². The van der Waals surface area contributed by atoms with Gasteiger partial charge in [-0.05, 0) is 13.0 Å². The molecule has 0 rings (SSSR count). The first kappa shape index (κ1) is 11.8. The second-order valence-electron chi connectivity index (χ2n) is 1.47. The number of nitrogens with two attached hydrogens (primary N) is 1. The predicted octanol–water partition coefficient (Wildman–Crippen LogP) is -0.750. The molecule has 2 N–H and O–H groups in total. The van der Waals surface area contributed by atoms with E-state index in [1.807, 2.05) is 0 Å². The van der Waals surface area contributed by atoms with Gasteiger partial charge >= 0.3 is 24.8 Å². The zero-order valence-electron chi connectivity index (χ0n) is 5.02. The van der Waals surface area contributed by atoms with E-state index in [0.29, 0.717) is 19.4 Å². The zero-order valence-corrected chi connectivity index (χ0v) is 5.02. The topological polar surface area (TPSA) is 52.3 Å². The summed E-state index contributed by atoms with van der Waals surface area (Å²) >= 11 is 0. The molecule has 0 aromatic heterocycles. The van der Waals surface area contributed by atoms with Crippen molar-refractivity contribution in [1.82, 2.24) is 0 Å². The maximum absolute atomic E-state index is 10.3. The van der Waals surface area contributed by atoms with Crippen LogP contribution in [0.4, 0.5) is 0 Å². The Morgan fingerprint density at radius 3 is 2.56 bits per heavy atom. The first-order valence-electron chi connectivity index (χ1n) is 2.58. The number of hydrogen-bond donors (Lipinski definition) is 1. The van der Waals surface area contributed by atoms with Crippen molar-refractivity contribution in [2.75, 3.05) is 13.7 Å². The van der Waals surface area contributed by atoms with Crippen LogP contribution in [0.3, 0.4) is 0 Å². The minimum absolute atomic E-state index is 0. The predicted molar refractivity (Wildman–Crippen MR) is 37.5 cm³/mol. The number of methoxy groups -OCH3 is 1. The van der Waals surface area contributed by atoms with E-state index >= 15 is 0 Å². The number of rotatable bonds is 3. The molecule has 0 aliphatic heterocycles. The van der Waals surface area contributed by atoms with E-state index in [2.05, 4.69) is 4.74 Å². The van der Waals surface area contributed by atoms with Crippen LogP contribution in [0.1, 0.15) is 12.8 Å². The van der Waals surface area contributed by atoms with Crippen molar-refractivity contribution >= 4 is 24.8 Å². The van der Waals surface area contributed by atoms with Gasteiger partial charge in [-0.15, -0.1) is 0 Å². The normalized spacial score (nSPS) is 7.78. The van der Waals surface area contributed by atoms with Crippen LogP contribution in [0.15, 0.2) is 0 Å². The van der Waals surface area contributed by atoms with Crippen LogP contribution in [-0.4, -0.2) is 38.5 Å². The molecule has 3 nitrogen and oxygen atoms in total. The number of carbonyl (C=O) groups is 1. The van der Waals surface area contributed by atoms with E-state index in [4.69, 9.17) is 5.73 Å². The zero-order chi connectivity index (χ0) is 6.41. The number of ether oxygens (including phenoxy) is 1. The summed E-state index contributed by atoms with van der Waals surface area (Å²) in [6.07, 6.45) is 1.15. The monoisotopic (exact) mass is 125 g/mol. The fourth-order valence-electron chi connectivity index (χ4n) is 0.348. The first-order chi connectivity index (χ1) is 3.81. The third kappa shape index (κ3) is 8.03. The summed E-state index contributed by atoms with van der Waals surface area (Å²) in [6, 6.07) is 0. The molecule has 50 valence electrons. The van der Waals surface area contributed by atoms with Gasteiger partial charge in [-0.2, -0.15) is 0 Å². The number of esters is 1. The average molecular weight is 125 g/mol. The van der Waals surface area contributed by atoms with Gasteiger partial charge in [0.25, 0.3) is 0 Å². The van der Waals surface area contributed by atoms with Crippen molar-refractivity contribution in [3.63, 3.8) is 0 Å². The summed E-state index contributed by atoms with van der Waals surface area (Å²) in [4.78, 5) is 10.3. The van der Waals surface area contributed by atoms with Gasteiger partial charge < -0.3 is 10.5 Å². The van der Waals surface area contributed by atoms with Gasteiger partial charge in [0.15, 0.2) is 0 Å². The van der Waals surface area contributed by atoms with Crippen LogP contribution in [-0.2, 0) is 9.53 Å². The Morgan fingerprint density at radius 1 is 1.67 bits per heavy atom. The summed E-state index contributed by atoms with van der Waals surface area (Å²) in [5.41, 5.74) is 5.12. The standard InChI is InChI=1S/C5H11NO2.Li.H/c1-8-5(7)3-2-4-6;;/h2-4,6H2,1H3;;. The quantitative estimate of drug-likeness (QED) is 0.399. The molecule has 0 aliphatic rings. The molecular formula is C5H12LiNO2. The van der Waals surface area contributed by atoms with Crippen molar-refractivity contribution in [2.24, 2.45) is 5.73 Å². The number of hydrogen-bond acceptors (Lipinski definition) is 3. The van der Waals surface area contributed by atoms with Crippen LogP contribution in [0, 0.1) is 0 Å². The average Bonchev–Trinajstić information content (AvgIpc) is 1.83. The first-order valence-corrected chi connectivity index (χ1v) is 2.58. The van der Waals surface area contributed by atoms with Gasteiger partial charge in [0, 0.05) is 6.42 Å². The van der Waals surface area contributed by atoms with E-state index in [1.54, 1.807) is 0 Å². The van der Waals surface area contributed by atoms with Gasteiger partial charge in [0.1, 0.15) is 0 Å². The third-order valence-corrected chi connectivity index (χ3v) is 0.813. The van der Waals surface area contributed by atoms with Gasteiger partial charge in [0.2, 0.25) is 0 Å². The van der Waals surface area contributed by atoms with Crippen molar-refractivity contribution < 1.29 is 9.53 Å². The molecule has 0 radical (unpaired) electrons. The molecule has 0 atom stereocenters. The molecule has 0 saturated heterocycles. The third-order valence-electron chi connectivity index (χ3n) is 0.813. The Morgan fingerprint density at radius 2 is 2.22 bits per heavy atom. The molecule has 0 heterocycles. The van der Waals surface area contributed by atoms with Gasteiger partial charge in [-0.25, -0.2) is 0 Å². The maximum atomic E-state index is 10.3. The Labute approximate surface area is 67.1 Å². The Hall–Kier alpha value is 0.0274. The van der Waals surface area contributed by atoms with E-state index in [-0.39, 0.29) is 24.8 Å². The summed E-state index contributed by atoms with van der Waals surface area (Å²) in [5.74, 6) is -0.185. The Bertz CT molecular complexity index is 77.4. The van der Waals surface area contributed by atoms with E-state index < -0.39 is 0 Å². The molecule has 4 heteroatoms. The number of carbonyl (C=O) groups excluding carboxylic acids is 1. The second-order valence-corrected chi connectivity index (χ2v) is 1.47. The summed E-state index contributed by atoms with van der Waals surface area (Å²) in [7, 11) is 1.37. The van der Waals surface area contributed by atoms with Crippen molar-refractivity contribution in [3.05, 3.63) is 0 Å². The second kappa shape index (κ2) is 8.03. The van der Waals surface area contributed by atoms with Gasteiger partial charge in [-0.1, -0.05) is 0 Å². The van der Waals surface area contributed by atoms with E-state index in [1.165, 1.54) is 7.11 Å². The molecule has 0 fully saturated rings. The Kier molecular flexibility index (Phi) is 10.5. The minimum atomic E-state index is -0.185. The molecule has 0 aromatic carbocycles. The summed E-state index contributed by atoms with van der Waals surface area (Å²) in [6.45, 7) is 0.551. The molecule has 0 spiro atoms. The van der Waals surface area contributed by atoms with Crippen molar-refractivity contribution in [2.45, 2.75) is 12.8 Å². The molecule has 0 amide bonds. The van der Waals surface area contributed by atoms with Crippen LogP contribution < -0.4 is 5.73 Å². The van der Waals surface area contributed by atoms with Gasteiger partial charge in [0.05, 0.1) is 7.11 Å². The fraction of sp³-hybridized carbons (Fsp3) is 0.800. The Balaban J connectivity index is 0. The van der Waals surface area contributed by atoms with E-state index in [0.717, 1.165) is 0 Å².